The lowest BCUT2D eigenvalue weighted by atomic mass is 9.74. The molecule has 6 nitrogen and oxygen atoms in total. The van der Waals surface area contributed by atoms with Crippen molar-refractivity contribution in [2.75, 3.05) is 11.9 Å². The predicted molar refractivity (Wildman–Crippen MR) is 79.8 cm³/mol. The van der Waals surface area contributed by atoms with Crippen molar-refractivity contribution in [1.29, 1.82) is 0 Å². The van der Waals surface area contributed by atoms with Crippen LogP contribution in [0.25, 0.3) is 0 Å². The van der Waals surface area contributed by atoms with Crippen molar-refractivity contribution in [2.24, 2.45) is 0 Å². The summed E-state index contributed by atoms with van der Waals surface area (Å²) in [5, 5.41) is 12.2. The van der Waals surface area contributed by atoms with Gasteiger partial charge >= 0.3 is 5.97 Å². The Morgan fingerprint density at radius 2 is 2.00 bits per heavy atom. The molecule has 21 heavy (non-hydrogen) atoms. The maximum Gasteiger partial charge on any atom is 0.305 e. The molecule has 116 valence electrons. The van der Waals surface area contributed by atoms with Crippen LogP contribution in [0.3, 0.4) is 0 Å². The zero-order chi connectivity index (χ0) is 15.5. The van der Waals surface area contributed by atoms with E-state index < -0.39 is 21.5 Å². The van der Waals surface area contributed by atoms with Crippen molar-refractivity contribution in [3.63, 3.8) is 0 Å². The molecule has 0 aromatic heterocycles. The first kappa shape index (κ1) is 15.8. The van der Waals surface area contributed by atoms with Gasteiger partial charge in [0.1, 0.15) is 4.90 Å². The zero-order valence-corrected chi connectivity index (χ0v) is 12.7. The molecule has 0 bridgehead atoms. The van der Waals surface area contributed by atoms with Gasteiger partial charge in [0.2, 0.25) is 10.0 Å². The number of hydrogen-bond acceptors (Lipinski definition) is 4. The molecule has 0 spiro atoms. The third-order valence-electron chi connectivity index (χ3n) is 3.71. The maximum absolute atomic E-state index is 12.2. The van der Waals surface area contributed by atoms with E-state index in [1.54, 1.807) is 25.1 Å². The van der Waals surface area contributed by atoms with E-state index in [0.717, 1.165) is 19.3 Å². The van der Waals surface area contributed by atoms with Crippen LogP contribution in [0, 0.1) is 0 Å². The summed E-state index contributed by atoms with van der Waals surface area (Å²) < 4.78 is 26.9. The van der Waals surface area contributed by atoms with Crippen LogP contribution in [0.4, 0.5) is 5.69 Å². The molecule has 7 heteroatoms. The number of hydrogen-bond donors (Lipinski definition) is 3. The molecular formula is C14H20N2O4S. The van der Waals surface area contributed by atoms with Crippen molar-refractivity contribution < 1.29 is 18.3 Å². The number of rotatable bonds is 7. The van der Waals surface area contributed by atoms with Crippen LogP contribution < -0.4 is 10.0 Å². The van der Waals surface area contributed by atoms with Gasteiger partial charge in [0.05, 0.1) is 12.1 Å². The van der Waals surface area contributed by atoms with Crippen LogP contribution in [0.15, 0.2) is 29.2 Å². The standard InChI is InChI=1S/C14H20N2O4S/c1-2-15-21(19,20)12-7-4-3-6-11(12)16-14(8-5-9-14)10-13(17)18/h3-4,6-7,15-16H,2,5,8-10H2,1H3,(H,17,18). The Morgan fingerprint density at radius 3 is 2.52 bits per heavy atom. The van der Waals surface area contributed by atoms with E-state index in [9.17, 15) is 13.2 Å². The van der Waals surface area contributed by atoms with Gasteiger partial charge in [0.25, 0.3) is 0 Å². The van der Waals surface area contributed by atoms with E-state index in [4.69, 9.17) is 5.11 Å². The van der Waals surface area contributed by atoms with Gasteiger partial charge in [0, 0.05) is 12.1 Å². The summed E-state index contributed by atoms with van der Waals surface area (Å²) in [4.78, 5) is 11.2. The number of benzene rings is 1. The van der Waals surface area contributed by atoms with Crippen molar-refractivity contribution in [2.45, 2.75) is 43.0 Å². The van der Waals surface area contributed by atoms with Gasteiger partial charge in [-0.15, -0.1) is 0 Å². The minimum atomic E-state index is -3.59. The molecular weight excluding hydrogens is 292 g/mol. The molecule has 0 amide bonds. The SMILES string of the molecule is CCNS(=O)(=O)c1ccccc1NC1(CC(=O)O)CCC1. The second kappa shape index (κ2) is 6.03. The number of carboxylic acids is 1. The van der Waals surface area contributed by atoms with Crippen molar-refractivity contribution in [3.8, 4) is 0 Å². The molecule has 3 N–H and O–H groups in total. The number of nitrogens with one attached hydrogen (secondary N) is 2. The summed E-state index contributed by atoms with van der Waals surface area (Å²) in [6.07, 6.45) is 2.40. The summed E-state index contributed by atoms with van der Waals surface area (Å²) in [5.74, 6) is -0.880. The van der Waals surface area contributed by atoms with Crippen molar-refractivity contribution >= 4 is 21.7 Å². The first-order chi connectivity index (χ1) is 9.88. The van der Waals surface area contributed by atoms with Crippen molar-refractivity contribution in [3.05, 3.63) is 24.3 Å². The Kier molecular flexibility index (Phi) is 4.53. The minimum absolute atomic E-state index is 0.0113. The topological polar surface area (TPSA) is 95.5 Å². The normalized spacial score (nSPS) is 17.0. The van der Waals surface area contributed by atoms with Crippen LogP contribution in [0.1, 0.15) is 32.6 Å². The van der Waals surface area contributed by atoms with Crippen LogP contribution >= 0.6 is 0 Å². The Balaban J connectivity index is 2.30. The van der Waals surface area contributed by atoms with Gasteiger partial charge < -0.3 is 10.4 Å². The second-order valence-corrected chi connectivity index (χ2v) is 7.06. The molecule has 0 heterocycles. The maximum atomic E-state index is 12.2. The Hall–Kier alpha value is -1.60. The van der Waals surface area contributed by atoms with Gasteiger partial charge in [-0.3, -0.25) is 4.79 Å². The fraction of sp³-hybridized carbons (Fsp3) is 0.500. The monoisotopic (exact) mass is 312 g/mol. The summed E-state index contributed by atoms with van der Waals surface area (Å²) in [7, 11) is -3.59. The van der Waals surface area contributed by atoms with Crippen molar-refractivity contribution in [1.82, 2.24) is 4.72 Å². The lowest BCUT2D eigenvalue weighted by Gasteiger charge is -2.42. The molecule has 0 saturated heterocycles. The number of anilines is 1. The van der Waals surface area contributed by atoms with Gasteiger partial charge in [0.15, 0.2) is 0 Å². The molecule has 1 saturated carbocycles. The average molecular weight is 312 g/mol. The molecule has 1 aromatic carbocycles. The van der Waals surface area contributed by atoms with E-state index >= 15 is 0 Å². The Bertz CT molecular complexity index is 624. The number of aliphatic carboxylic acids is 1. The minimum Gasteiger partial charge on any atom is -0.481 e. The largest absolute Gasteiger partial charge is 0.481 e. The van der Waals surface area contributed by atoms with E-state index in [2.05, 4.69) is 10.0 Å². The van der Waals surface area contributed by atoms with Crippen LogP contribution in [-0.2, 0) is 14.8 Å². The van der Waals surface area contributed by atoms with E-state index in [1.807, 2.05) is 0 Å². The smallest absolute Gasteiger partial charge is 0.305 e. The predicted octanol–water partition coefficient (Wildman–Crippen LogP) is 1.79. The molecule has 0 aliphatic heterocycles. The lowest BCUT2D eigenvalue weighted by molar-refractivity contribution is -0.138. The van der Waals surface area contributed by atoms with Gasteiger partial charge in [-0.05, 0) is 31.4 Å². The molecule has 0 atom stereocenters. The van der Waals surface area contributed by atoms with Gasteiger partial charge in [-0.2, -0.15) is 0 Å². The summed E-state index contributed by atoms with van der Waals surface area (Å²) >= 11 is 0. The highest BCUT2D eigenvalue weighted by Gasteiger charge is 2.39. The second-order valence-electron chi connectivity index (χ2n) is 5.33. The molecule has 1 fully saturated rings. The molecule has 0 radical (unpaired) electrons. The van der Waals surface area contributed by atoms with Crippen LogP contribution in [-0.4, -0.2) is 31.6 Å². The number of sulfonamides is 1. The van der Waals surface area contributed by atoms with E-state index in [0.29, 0.717) is 12.2 Å². The molecule has 1 aliphatic rings. The highest BCUT2D eigenvalue weighted by Crippen LogP contribution is 2.39. The first-order valence-corrected chi connectivity index (χ1v) is 8.45. The first-order valence-electron chi connectivity index (χ1n) is 6.97. The lowest BCUT2D eigenvalue weighted by Crippen LogP contribution is -2.47. The molecule has 1 aromatic rings. The van der Waals surface area contributed by atoms with E-state index in [1.165, 1.54) is 6.07 Å². The average Bonchev–Trinajstić information content (AvgIpc) is 2.36. The summed E-state index contributed by atoms with van der Waals surface area (Å²) in [6, 6.07) is 6.58. The summed E-state index contributed by atoms with van der Waals surface area (Å²) in [5.41, 5.74) is -0.0802. The van der Waals surface area contributed by atoms with Gasteiger partial charge in [-0.1, -0.05) is 19.1 Å². The fourth-order valence-electron chi connectivity index (χ4n) is 2.60. The highest BCUT2D eigenvalue weighted by atomic mass is 32.2. The number of carbonyl (C=O) groups is 1. The molecule has 0 unspecified atom stereocenters. The van der Waals surface area contributed by atoms with E-state index in [-0.39, 0.29) is 11.3 Å². The van der Waals surface area contributed by atoms with Crippen LogP contribution in [0.2, 0.25) is 0 Å². The third-order valence-corrected chi connectivity index (χ3v) is 5.31. The third kappa shape index (κ3) is 3.54. The molecule has 2 rings (SSSR count). The fourth-order valence-corrected chi connectivity index (χ4v) is 3.80. The Labute approximate surface area is 124 Å². The molecule has 1 aliphatic carbocycles. The quantitative estimate of drug-likeness (QED) is 0.713. The zero-order valence-electron chi connectivity index (χ0n) is 11.9. The number of carboxylic acid groups (broad SMARTS) is 1. The Morgan fingerprint density at radius 1 is 1.33 bits per heavy atom. The highest BCUT2D eigenvalue weighted by molar-refractivity contribution is 7.89. The van der Waals surface area contributed by atoms with Crippen LogP contribution in [0.5, 0.6) is 0 Å². The van der Waals surface area contributed by atoms with Gasteiger partial charge in [-0.25, -0.2) is 13.1 Å². The number of para-hydroxylation sites is 1. The summed E-state index contributed by atoms with van der Waals surface area (Å²) in [6.45, 7) is 2.02.